The van der Waals surface area contributed by atoms with E-state index < -0.39 is 15.8 Å². The van der Waals surface area contributed by atoms with Crippen LogP contribution in [0, 0.1) is 0 Å². The molecule has 0 radical (unpaired) electrons. The van der Waals surface area contributed by atoms with Crippen molar-refractivity contribution in [3.05, 3.63) is 218 Å². The van der Waals surface area contributed by atoms with Crippen LogP contribution >= 0.6 is 15.8 Å². The van der Waals surface area contributed by atoms with Gasteiger partial charge < -0.3 is 9.59 Å². The van der Waals surface area contributed by atoms with Crippen LogP contribution in [0.1, 0.15) is 18.9 Å². The van der Waals surface area contributed by atoms with E-state index in [0.29, 0.717) is 12.0 Å². The van der Waals surface area contributed by atoms with Crippen LogP contribution in [-0.2, 0) is 30.7 Å². The molecule has 51 heavy (non-hydrogen) atoms. The van der Waals surface area contributed by atoms with Crippen molar-refractivity contribution in [2.24, 2.45) is 0 Å². The van der Waals surface area contributed by atoms with E-state index in [2.05, 4.69) is 182 Å². The molecule has 0 saturated carbocycles. The molecule has 7 aromatic carbocycles. The summed E-state index contributed by atoms with van der Waals surface area (Å²) in [7, 11) is -0.892. The molecule has 0 fully saturated rings. The molecule has 0 amide bonds. The maximum absolute atomic E-state index is 9.88. The SMILES string of the molecule is CC[C-]=O.O=[C-]c1ccccc1.[Pt+2].c1ccc(P(c2ccccc2)c2ccccc2)cc1.c1ccc(P(c2ccccc2)c2ccccc2)cc1. The Balaban J connectivity index is 0.000000207. The normalized spacial score (nSPS) is 9.71. The van der Waals surface area contributed by atoms with Gasteiger partial charge in [0.15, 0.2) is 0 Å². The van der Waals surface area contributed by atoms with Crippen LogP contribution < -0.4 is 31.8 Å². The van der Waals surface area contributed by atoms with Gasteiger partial charge in [-0.3, -0.25) is 6.29 Å². The second-order valence-electron chi connectivity index (χ2n) is 10.7. The standard InChI is InChI=1S/2C18H15P.C7H5O.C3H5O.Pt/c2*1-4-10-16(11-5-1)19(17-12-6-2-7-13-17)18-14-8-3-9-15-18;8-6-7-4-2-1-3-5-7;1-2-3-4;/h2*1-15H;1-5H;2H2,1H3;/q;;2*-1;+2. The van der Waals surface area contributed by atoms with Gasteiger partial charge in [0.05, 0.1) is 6.29 Å². The number of carbonyl (C=O) groups excluding carboxylic acids is 2. The quantitative estimate of drug-likeness (QED) is 0.113. The van der Waals surface area contributed by atoms with Gasteiger partial charge in [0, 0.05) is 0 Å². The molecule has 0 spiro atoms. The molecule has 0 atom stereocenters. The van der Waals surface area contributed by atoms with Gasteiger partial charge in [-0.05, 0) is 47.7 Å². The van der Waals surface area contributed by atoms with E-state index >= 15 is 0 Å². The summed E-state index contributed by atoms with van der Waals surface area (Å²) in [4.78, 5) is 18.9. The Labute approximate surface area is 320 Å². The van der Waals surface area contributed by atoms with E-state index in [-0.39, 0.29) is 21.1 Å². The van der Waals surface area contributed by atoms with Gasteiger partial charge in [0.1, 0.15) is 0 Å². The number of rotatable bonds is 8. The molecule has 7 aromatic rings. The molecular formula is C46H40O2P2Pt. The minimum atomic E-state index is -0.446. The Hall–Kier alpha value is -4.57. The van der Waals surface area contributed by atoms with Crippen LogP contribution in [0.25, 0.3) is 0 Å². The predicted molar refractivity (Wildman–Crippen MR) is 218 cm³/mol. The molecule has 0 saturated heterocycles. The Bertz CT molecular complexity index is 1590. The van der Waals surface area contributed by atoms with Crippen molar-refractivity contribution < 1.29 is 30.7 Å². The first-order chi connectivity index (χ1) is 24.7. The average Bonchev–Trinajstić information content (AvgIpc) is 3.21. The van der Waals surface area contributed by atoms with Crippen molar-refractivity contribution in [3.8, 4) is 0 Å². The second-order valence-corrected chi connectivity index (χ2v) is 15.1. The van der Waals surface area contributed by atoms with Crippen LogP contribution in [-0.4, -0.2) is 12.6 Å². The van der Waals surface area contributed by atoms with Crippen LogP contribution in [0.2, 0.25) is 0 Å². The van der Waals surface area contributed by atoms with Crippen molar-refractivity contribution in [3.63, 3.8) is 0 Å². The van der Waals surface area contributed by atoms with Gasteiger partial charge >= 0.3 is 21.1 Å². The number of hydrogen-bond acceptors (Lipinski definition) is 2. The zero-order valence-corrected chi connectivity index (χ0v) is 32.5. The molecule has 0 aliphatic carbocycles. The molecule has 0 aliphatic heterocycles. The summed E-state index contributed by atoms with van der Waals surface area (Å²) in [5, 5.41) is 8.39. The van der Waals surface area contributed by atoms with E-state index in [9.17, 15) is 4.79 Å². The van der Waals surface area contributed by atoms with Crippen molar-refractivity contribution in [2.45, 2.75) is 13.3 Å². The Morgan fingerprint density at radius 1 is 0.353 bits per heavy atom. The van der Waals surface area contributed by atoms with Crippen molar-refractivity contribution in [1.29, 1.82) is 0 Å². The van der Waals surface area contributed by atoms with Crippen LogP contribution in [0.4, 0.5) is 0 Å². The molecule has 0 N–H and O–H groups in total. The summed E-state index contributed by atoms with van der Waals surface area (Å²) in [6, 6.07) is 73.6. The monoisotopic (exact) mass is 881 g/mol. The summed E-state index contributed by atoms with van der Waals surface area (Å²) in [5.41, 5.74) is 0.604. The molecule has 0 aromatic heterocycles. The first-order valence-corrected chi connectivity index (χ1v) is 19.1. The maximum Gasteiger partial charge on any atom is 2.00 e. The van der Waals surface area contributed by atoms with Crippen LogP contribution in [0.3, 0.4) is 0 Å². The minimum absolute atomic E-state index is 0. The van der Waals surface area contributed by atoms with Gasteiger partial charge in [-0.25, -0.2) is 0 Å². The fourth-order valence-electron chi connectivity index (χ4n) is 4.86. The fraction of sp³-hybridized carbons (Fsp3) is 0.0435. The molecule has 0 aliphatic rings. The molecule has 2 nitrogen and oxygen atoms in total. The average molecular weight is 882 g/mol. The maximum atomic E-state index is 9.88. The van der Waals surface area contributed by atoms with E-state index in [4.69, 9.17) is 4.79 Å². The van der Waals surface area contributed by atoms with Gasteiger partial charge in [0.2, 0.25) is 0 Å². The van der Waals surface area contributed by atoms with E-state index in [1.165, 1.54) is 31.8 Å². The van der Waals surface area contributed by atoms with Gasteiger partial charge in [-0.1, -0.05) is 195 Å². The van der Waals surface area contributed by atoms with Crippen LogP contribution in [0.5, 0.6) is 0 Å². The molecule has 7 rings (SSSR count). The number of hydrogen-bond donors (Lipinski definition) is 0. The van der Waals surface area contributed by atoms with Crippen LogP contribution in [0.15, 0.2) is 212 Å². The summed E-state index contributed by atoms with van der Waals surface area (Å²) in [6.07, 6.45) is 3.97. The van der Waals surface area contributed by atoms with Crippen molar-refractivity contribution in [2.75, 3.05) is 0 Å². The van der Waals surface area contributed by atoms with E-state index in [1.807, 2.05) is 6.07 Å². The predicted octanol–water partition coefficient (Wildman–Crippen LogP) is 8.54. The Morgan fingerprint density at radius 3 is 0.667 bits per heavy atom. The minimum Gasteiger partial charge on any atom is -0.542 e. The fourth-order valence-corrected chi connectivity index (χ4v) is 9.47. The van der Waals surface area contributed by atoms with E-state index in [1.54, 1.807) is 43.8 Å². The molecule has 256 valence electrons. The molecule has 0 unspecified atom stereocenters. The third kappa shape index (κ3) is 13.9. The third-order valence-corrected chi connectivity index (χ3v) is 12.0. The van der Waals surface area contributed by atoms with Gasteiger partial charge in [-0.15, -0.1) is 12.1 Å². The Kier molecular flexibility index (Phi) is 19.7. The Morgan fingerprint density at radius 2 is 0.529 bits per heavy atom. The van der Waals surface area contributed by atoms with E-state index in [0.717, 1.165) is 0 Å². The molecule has 0 heterocycles. The summed E-state index contributed by atoms with van der Waals surface area (Å²) in [5.74, 6) is 0. The smallest absolute Gasteiger partial charge is 0.542 e. The largest absolute Gasteiger partial charge is 2.00 e. The summed E-state index contributed by atoms with van der Waals surface area (Å²) in [6.45, 7) is 1.76. The zero-order valence-electron chi connectivity index (χ0n) is 28.4. The third-order valence-electron chi connectivity index (χ3n) is 7.12. The van der Waals surface area contributed by atoms with Crippen molar-refractivity contribution in [1.82, 2.24) is 0 Å². The first kappa shape index (κ1) is 40.9. The molecule has 5 heteroatoms. The summed E-state index contributed by atoms with van der Waals surface area (Å²) < 4.78 is 0. The topological polar surface area (TPSA) is 34.1 Å². The number of benzene rings is 7. The van der Waals surface area contributed by atoms with Gasteiger partial charge in [0.25, 0.3) is 0 Å². The summed E-state index contributed by atoms with van der Waals surface area (Å²) >= 11 is 0. The molecule has 0 bridgehead atoms. The zero-order chi connectivity index (χ0) is 35.1. The second kappa shape index (κ2) is 24.6. The molecular weight excluding hydrogens is 842 g/mol. The first-order valence-electron chi connectivity index (χ1n) is 16.4. The van der Waals surface area contributed by atoms with Crippen molar-refractivity contribution >= 4 is 60.2 Å². The van der Waals surface area contributed by atoms with Gasteiger partial charge in [-0.2, -0.15) is 24.1 Å².